The van der Waals surface area contributed by atoms with Gasteiger partial charge in [-0.15, -0.1) is 0 Å². The third kappa shape index (κ3) is 4.40. The topological polar surface area (TPSA) is 32.7 Å². The van der Waals surface area contributed by atoms with Gasteiger partial charge in [-0.05, 0) is 104 Å². The van der Waals surface area contributed by atoms with Gasteiger partial charge >= 0.3 is 0 Å². The first-order valence-electron chi connectivity index (χ1n) is 12.0. The second kappa shape index (κ2) is 9.38. The van der Waals surface area contributed by atoms with Crippen molar-refractivity contribution in [2.24, 2.45) is 0 Å². The lowest BCUT2D eigenvalue weighted by Crippen LogP contribution is -2.25. The van der Waals surface area contributed by atoms with Gasteiger partial charge < -0.3 is 9.84 Å². The van der Waals surface area contributed by atoms with Crippen LogP contribution in [-0.4, -0.2) is 36.2 Å². The number of aromatic hydroxyl groups is 1. The Morgan fingerprint density at radius 1 is 0.938 bits per heavy atom. The van der Waals surface area contributed by atoms with Crippen LogP contribution >= 0.6 is 0 Å². The summed E-state index contributed by atoms with van der Waals surface area (Å²) < 4.78 is 6.05. The maximum atomic E-state index is 10.0. The van der Waals surface area contributed by atoms with E-state index in [1.165, 1.54) is 53.7 Å². The minimum absolute atomic E-state index is 0.277. The van der Waals surface area contributed by atoms with Crippen molar-refractivity contribution >= 4 is 0 Å². The first kappa shape index (κ1) is 21.1. The molecule has 32 heavy (non-hydrogen) atoms. The Labute approximate surface area is 191 Å². The molecule has 3 heteroatoms. The fourth-order valence-electron chi connectivity index (χ4n) is 5.63. The molecule has 1 heterocycles. The first-order valence-corrected chi connectivity index (χ1v) is 12.0. The summed E-state index contributed by atoms with van der Waals surface area (Å²) >= 11 is 0. The van der Waals surface area contributed by atoms with Gasteiger partial charge in [-0.2, -0.15) is 0 Å². The average molecular weight is 428 g/mol. The van der Waals surface area contributed by atoms with E-state index >= 15 is 0 Å². The van der Waals surface area contributed by atoms with E-state index in [2.05, 4.69) is 66.4 Å². The molecule has 1 N–H and O–H groups in total. The van der Waals surface area contributed by atoms with Crippen LogP contribution in [0.15, 0.2) is 66.7 Å². The Morgan fingerprint density at radius 2 is 1.72 bits per heavy atom. The van der Waals surface area contributed by atoms with Crippen LogP contribution in [0, 0.1) is 6.92 Å². The van der Waals surface area contributed by atoms with Gasteiger partial charge in [-0.1, -0.05) is 42.5 Å². The fourth-order valence-corrected chi connectivity index (χ4v) is 5.63. The quantitative estimate of drug-likeness (QED) is 0.521. The third-order valence-corrected chi connectivity index (χ3v) is 7.29. The van der Waals surface area contributed by atoms with Crippen LogP contribution in [-0.2, 0) is 6.42 Å². The second-order valence-electron chi connectivity index (χ2n) is 9.33. The zero-order valence-corrected chi connectivity index (χ0v) is 19.0. The molecule has 0 saturated carbocycles. The first-order chi connectivity index (χ1) is 15.7. The highest BCUT2D eigenvalue weighted by Crippen LogP contribution is 2.47. The number of rotatable bonds is 6. The number of nitrogens with zero attached hydrogens (tertiary/aromatic N) is 1. The van der Waals surface area contributed by atoms with Crippen LogP contribution in [0.1, 0.15) is 58.9 Å². The van der Waals surface area contributed by atoms with Crippen LogP contribution in [0.5, 0.6) is 11.5 Å². The van der Waals surface area contributed by atoms with Gasteiger partial charge in [0.15, 0.2) is 0 Å². The van der Waals surface area contributed by atoms with Crippen molar-refractivity contribution in [3.05, 3.63) is 94.5 Å². The summed E-state index contributed by atoms with van der Waals surface area (Å²) in [6, 6.07) is 23.4. The van der Waals surface area contributed by atoms with Crippen LogP contribution in [0.3, 0.4) is 0 Å². The van der Waals surface area contributed by atoms with Gasteiger partial charge in [0.1, 0.15) is 18.1 Å². The molecule has 3 aromatic carbocycles. The molecule has 2 aliphatic rings. The van der Waals surface area contributed by atoms with Gasteiger partial charge in [0.25, 0.3) is 0 Å². The van der Waals surface area contributed by atoms with Crippen molar-refractivity contribution in [2.45, 2.75) is 44.4 Å². The predicted molar refractivity (Wildman–Crippen MR) is 130 cm³/mol. The van der Waals surface area contributed by atoms with E-state index in [-0.39, 0.29) is 5.92 Å². The van der Waals surface area contributed by atoms with Crippen LogP contribution in [0.4, 0.5) is 0 Å². The fraction of sp³-hybridized carbons (Fsp3) is 0.379. The van der Waals surface area contributed by atoms with Crippen molar-refractivity contribution in [2.75, 3.05) is 26.2 Å². The van der Waals surface area contributed by atoms with Gasteiger partial charge in [-0.25, -0.2) is 0 Å². The Morgan fingerprint density at radius 3 is 2.50 bits per heavy atom. The average Bonchev–Trinajstić information content (AvgIpc) is 3.33. The molecule has 2 atom stereocenters. The number of phenolic OH excluding ortho intramolecular Hbond substituents is 1. The number of ether oxygens (including phenoxy) is 1. The number of likely N-dealkylation sites (tertiary alicyclic amines) is 1. The van der Waals surface area contributed by atoms with Gasteiger partial charge in [0.05, 0.1) is 0 Å². The molecular formula is C29H33NO2. The predicted octanol–water partition coefficient (Wildman–Crippen LogP) is 6.04. The smallest absolute Gasteiger partial charge is 0.119 e. The van der Waals surface area contributed by atoms with E-state index in [0.29, 0.717) is 11.7 Å². The summed E-state index contributed by atoms with van der Waals surface area (Å²) in [5.41, 5.74) is 6.71. The number of phenols is 1. The van der Waals surface area contributed by atoms with E-state index in [1.807, 2.05) is 12.1 Å². The summed E-state index contributed by atoms with van der Waals surface area (Å²) in [6.45, 7) is 6.39. The number of hydrogen-bond acceptors (Lipinski definition) is 3. The molecule has 1 aliphatic heterocycles. The molecule has 0 aromatic heterocycles. The normalized spacial score (nSPS) is 20.8. The molecule has 0 spiro atoms. The minimum Gasteiger partial charge on any atom is -0.508 e. The summed E-state index contributed by atoms with van der Waals surface area (Å²) in [5, 5.41) is 10.0. The number of fused-ring (bicyclic) bond motifs is 1. The zero-order valence-electron chi connectivity index (χ0n) is 19.0. The minimum atomic E-state index is 0.277. The lowest BCUT2D eigenvalue weighted by molar-refractivity contribution is 0.237. The molecule has 1 saturated heterocycles. The van der Waals surface area contributed by atoms with E-state index in [0.717, 1.165) is 31.7 Å². The molecule has 0 amide bonds. The van der Waals surface area contributed by atoms with E-state index in [4.69, 9.17) is 4.74 Å². The Hall–Kier alpha value is -2.78. The molecular weight excluding hydrogens is 394 g/mol. The summed E-state index contributed by atoms with van der Waals surface area (Å²) in [5.74, 6) is 2.01. The maximum absolute atomic E-state index is 10.0. The largest absolute Gasteiger partial charge is 0.508 e. The Balaban J connectivity index is 1.41. The summed E-state index contributed by atoms with van der Waals surface area (Å²) in [7, 11) is 0. The maximum Gasteiger partial charge on any atom is 0.119 e. The van der Waals surface area contributed by atoms with E-state index < -0.39 is 0 Å². The molecule has 0 bridgehead atoms. The van der Waals surface area contributed by atoms with E-state index in [1.54, 1.807) is 0 Å². The number of benzene rings is 3. The molecule has 5 rings (SSSR count). The number of aryl methyl sites for hydroxylation is 2. The lowest BCUT2D eigenvalue weighted by atomic mass is 9.68. The van der Waals surface area contributed by atoms with Crippen LogP contribution in [0.25, 0.3) is 0 Å². The highest BCUT2D eigenvalue weighted by atomic mass is 16.5. The summed E-state index contributed by atoms with van der Waals surface area (Å²) in [4.78, 5) is 2.48. The highest BCUT2D eigenvalue weighted by molar-refractivity contribution is 5.49. The molecule has 166 valence electrons. The summed E-state index contributed by atoms with van der Waals surface area (Å²) in [6.07, 6.45) is 4.71. The molecule has 3 aromatic rings. The highest BCUT2D eigenvalue weighted by Gasteiger charge is 2.32. The van der Waals surface area contributed by atoms with Crippen molar-refractivity contribution in [1.82, 2.24) is 4.90 Å². The van der Waals surface area contributed by atoms with Crippen LogP contribution < -0.4 is 4.74 Å². The van der Waals surface area contributed by atoms with Gasteiger partial charge in [0.2, 0.25) is 0 Å². The zero-order chi connectivity index (χ0) is 21.9. The van der Waals surface area contributed by atoms with Crippen molar-refractivity contribution in [3.63, 3.8) is 0 Å². The lowest BCUT2D eigenvalue weighted by Gasteiger charge is -2.35. The molecule has 1 aliphatic carbocycles. The Bertz CT molecular complexity index is 1050. The molecule has 0 radical (unpaired) electrons. The molecule has 2 unspecified atom stereocenters. The van der Waals surface area contributed by atoms with Crippen LogP contribution in [0.2, 0.25) is 0 Å². The van der Waals surface area contributed by atoms with Gasteiger partial charge in [0, 0.05) is 12.5 Å². The standard InChI is InChI=1S/C29H33NO2/c1-21-6-2-3-7-26(21)28-14-10-23-20-24(31)11-15-27(23)29(28)22-8-12-25(13-9-22)32-19-18-30-16-4-5-17-30/h2-3,6-9,11-13,15,20,28-29,31H,4-5,10,14,16-19H2,1H3. The van der Waals surface area contributed by atoms with Crippen molar-refractivity contribution < 1.29 is 9.84 Å². The number of hydrogen-bond donors (Lipinski definition) is 1. The van der Waals surface area contributed by atoms with Crippen molar-refractivity contribution in [3.8, 4) is 11.5 Å². The Kier molecular flexibility index (Phi) is 6.18. The van der Waals surface area contributed by atoms with E-state index in [9.17, 15) is 5.11 Å². The van der Waals surface area contributed by atoms with Gasteiger partial charge in [-0.3, -0.25) is 4.90 Å². The third-order valence-electron chi connectivity index (χ3n) is 7.29. The second-order valence-corrected chi connectivity index (χ2v) is 9.33. The molecule has 1 fully saturated rings. The monoisotopic (exact) mass is 427 g/mol. The molecule has 3 nitrogen and oxygen atoms in total. The SMILES string of the molecule is Cc1ccccc1C1CCc2cc(O)ccc2C1c1ccc(OCCN2CCCC2)cc1. The van der Waals surface area contributed by atoms with Crippen molar-refractivity contribution in [1.29, 1.82) is 0 Å².